The van der Waals surface area contributed by atoms with Crippen LogP contribution in [0.15, 0.2) is 30.3 Å². The molecule has 1 N–H and O–H groups in total. The third-order valence-corrected chi connectivity index (χ3v) is 9.62. The molecular formula is C31H43F3N2O2S. The van der Waals surface area contributed by atoms with Crippen LogP contribution in [0, 0.1) is 17.8 Å². The van der Waals surface area contributed by atoms with Crippen LogP contribution in [0.4, 0.5) is 13.2 Å². The lowest BCUT2D eigenvalue weighted by Gasteiger charge is -2.35. The Kier molecular flexibility index (Phi) is 10.2. The van der Waals surface area contributed by atoms with Gasteiger partial charge in [-0.05, 0) is 73.1 Å². The Morgan fingerprint density at radius 2 is 1.85 bits per heavy atom. The van der Waals surface area contributed by atoms with Crippen molar-refractivity contribution in [3.8, 4) is 0 Å². The summed E-state index contributed by atoms with van der Waals surface area (Å²) in [6, 6.07) is 10.4. The van der Waals surface area contributed by atoms with Crippen molar-refractivity contribution in [2.45, 2.75) is 90.5 Å². The fraction of sp³-hybridized carbons (Fsp3) is 0.645. The number of nitrogens with zero attached hydrogens (tertiary/aromatic N) is 1. The van der Waals surface area contributed by atoms with Crippen LogP contribution in [0.25, 0.3) is 0 Å². The molecule has 4 nitrogen and oxygen atoms in total. The summed E-state index contributed by atoms with van der Waals surface area (Å²) in [5.74, 6) is -0.590. The minimum absolute atomic E-state index is 0.0916. The molecule has 1 aliphatic carbocycles. The zero-order chi connectivity index (χ0) is 28.2. The number of amides is 1. The lowest BCUT2D eigenvalue weighted by Crippen LogP contribution is -2.35. The van der Waals surface area contributed by atoms with Gasteiger partial charge in [0.05, 0.1) is 23.4 Å². The van der Waals surface area contributed by atoms with Gasteiger partial charge in [0.15, 0.2) is 0 Å². The number of methoxy groups -OCH3 is 1. The topological polar surface area (TPSA) is 41.6 Å². The molecule has 0 radical (unpaired) electrons. The lowest BCUT2D eigenvalue weighted by molar-refractivity contribution is -0.184. The van der Waals surface area contributed by atoms with Crippen LogP contribution in [-0.4, -0.2) is 37.2 Å². The average Bonchev–Trinajstić information content (AvgIpc) is 3.45. The van der Waals surface area contributed by atoms with E-state index in [2.05, 4.69) is 55.3 Å². The van der Waals surface area contributed by atoms with Gasteiger partial charge in [0, 0.05) is 31.1 Å². The van der Waals surface area contributed by atoms with Crippen LogP contribution < -0.4 is 5.32 Å². The molecular weight excluding hydrogens is 521 g/mol. The number of alkyl halides is 3. The van der Waals surface area contributed by atoms with Gasteiger partial charge in [-0.25, -0.2) is 0 Å². The molecule has 1 saturated carbocycles. The fourth-order valence-corrected chi connectivity index (χ4v) is 7.62. The fourth-order valence-electron chi connectivity index (χ4n) is 6.23. The predicted molar refractivity (Wildman–Crippen MR) is 151 cm³/mol. The highest BCUT2D eigenvalue weighted by atomic mass is 32.1. The van der Waals surface area contributed by atoms with Gasteiger partial charge in [-0.3, -0.25) is 9.69 Å². The Labute approximate surface area is 235 Å². The number of rotatable bonds is 11. The first-order valence-corrected chi connectivity index (χ1v) is 15.2. The Hall–Kier alpha value is -1.90. The molecule has 2 atom stereocenters. The van der Waals surface area contributed by atoms with E-state index < -0.39 is 12.1 Å². The summed E-state index contributed by atoms with van der Waals surface area (Å²) in [4.78, 5) is 17.7. The van der Waals surface area contributed by atoms with Gasteiger partial charge < -0.3 is 10.1 Å². The average molecular weight is 565 g/mol. The van der Waals surface area contributed by atoms with Crippen molar-refractivity contribution < 1.29 is 22.7 Å². The minimum Gasteiger partial charge on any atom is -0.382 e. The van der Waals surface area contributed by atoms with Crippen molar-refractivity contribution >= 4 is 17.2 Å². The molecule has 2 aliphatic rings. The predicted octanol–water partition coefficient (Wildman–Crippen LogP) is 8.09. The highest BCUT2D eigenvalue weighted by Gasteiger charge is 2.43. The number of hydrogen-bond donors (Lipinski definition) is 1. The molecule has 1 amide bonds. The third kappa shape index (κ3) is 7.44. The van der Waals surface area contributed by atoms with Gasteiger partial charge in [-0.1, -0.05) is 51.5 Å². The monoisotopic (exact) mass is 564 g/mol. The number of thiophene rings is 1. The number of carbonyl (C=O) groups excluding carboxylic acids is 1. The number of nitrogens with one attached hydrogen (secondary N) is 1. The molecule has 1 aromatic heterocycles. The largest absolute Gasteiger partial charge is 0.391 e. The molecule has 1 aromatic carbocycles. The van der Waals surface area contributed by atoms with Gasteiger partial charge in [0.2, 0.25) is 0 Å². The number of carbonyl (C=O) groups is 1. The molecule has 4 rings (SSSR count). The first-order valence-electron chi connectivity index (χ1n) is 14.4. The van der Waals surface area contributed by atoms with Crippen molar-refractivity contribution in [2.24, 2.45) is 17.8 Å². The van der Waals surface area contributed by atoms with Crippen LogP contribution in [0.1, 0.15) is 103 Å². The Balaban J connectivity index is 1.40. The summed E-state index contributed by atoms with van der Waals surface area (Å²) in [5.41, 5.74) is 3.51. The molecule has 0 bridgehead atoms. The van der Waals surface area contributed by atoms with Gasteiger partial charge >= 0.3 is 6.18 Å². The molecule has 0 spiro atoms. The van der Waals surface area contributed by atoms with E-state index in [4.69, 9.17) is 4.74 Å². The smallest absolute Gasteiger partial charge is 0.382 e. The van der Waals surface area contributed by atoms with Crippen molar-refractivity contribution in [3.05, 3.63) is 56.8 Å². The quantitative estimate of drug-likeness (QED) is 0.300. The van der Waals surface area contributed by atoms with Crippen molar-refractivity contribution in [2.75, 3.05) is 20.3 Å². The standard InChI is InChI=1S/C31H43F3N2O2S/c1-5-6-7-21-8-12-23(13-9-21)26(19-38-4)35-30(37)27-16-24-18-36(28(20(2)3)29(24)39-27)17-22-10-14-25(15-11-22)31(32,33)34/h8-9,12-13,16,20,22,25-26,28H,5-7,10-11,14-15,17-19H2,1-4H3,(H,35,37). The van der Waals surface area contributed by atoms with Gasteiger partial charge in [-0.15, -0.1) is 11.3 Å². The maximum absolute atomic E-state index is 13.3. The van der Waals surface area contributed by atoms with E-state index >= 15 is 0 Å². The van der Waals surface area contributed by atoms with Crippen molar-refractivity contribution in [1.29, 1.82) is 0 Å². The van der Waals surface area contributed by atoms with Crippen LogP contribution in [-0.2, 0) is 17.7 Å². The molecule has 39 heavy (non-hydrogen) atoms. The second kappa shape index (κ2) is 13.2. The number of aryl methyl sites for hydroxylation is 1. The van der Waals surface area contributed by atoms with Crippen LogP contribution in [0.3, 0.4) is 0 Å². The minimum atomic E-state index is -4.07. The van der Waals surface area contributed by atoms with Gasteiger partial charge in [0.25, 0.3) is 5.91 Å². The van der Waals surface area contributed by atoms with Crippen molar-refractivity contribution in [1.82, 2.24) is 10.2 Å². The van der Waals surface area contributed by atoms with E-state index in [1.165, 1.54) is 16.0 Å². The molecule has 2 heterocycles. The second-order valence-electron chi connectivity index (χ2n) is 11.7. The molecule has 2 aromatic rings. The number of hydrogen-bond acceptors (Lipinski definition) is 4. The summed E-state index contributed by atoms with van der Waals surface area (Å²) in [7, 11) is 1.64. The third-order valence-electron chi connectivity index (χ3n) is 8.37. The number of benzene rings is 1. The zero-order valence-corrected chi connectivity index (χ0v) is 24.5. The number of ether oxygens (including phenoxy) is 1. The van der Waals surface area contributed by atoms with E-state index in [1.807, 2.05) is 6.07 Å². The van der Waals surface area contributed by atoms with E-state index in [9.17, 15) is 18.0 Å². The highest BCUT2D eigenvalue weighted by molar-refractivity contribution is 7.14. The molecule has 216 valence electrons. The van der Waals surface area contributed by atoms with Crippen LogP contribution in [0.5, 0.6) is 0 Å². The Morgan fingerprint density at radius 3 is 2.44 bits per heavy atom. The van der Waals surface area contributed by atoms with E-state index in [0.717, 1.165) is 37.9 Å². The lowest BCUT2D eigenvalue weighted by atomic mass is 9.81. The van der Waals surface area contributed by atoms with Crippen molar-refractivity contribution in [3.63, 3.8) is 0 Å². The van der Waals surface area contributed by atoms with E-state index in [1.54, 1.807) is 18.4 Å². The zero-order valence-electron chi connectivity index (χ0n) is 23.7. The van der Waals surface area contributed by atoms with E-state index in [-0.39, 0.29) is 30.8 Å². The van der Waals surface area contributed by atoms with Gasteiger partial charge in [0.1, 0.15) is 0 Å². The molecule has 8 heteroatoms. The maximum atomic E-state index is 13.3. The Bertz CT molecular complexity index is 1070. The summed E-state index contributed by atoms with van der Waals surface area (Å²) in [5, 5.41) is 3.18. The summed E-state index contributed by atoms with van der Waals surface area (Å²) >= 11 is 1.56. The molecule has 1 aliphatic heterocycles. The number of halogens is 3. The van der Waals surface area contributed by atoms with Crippen LogP contribution in [0.2, 0.25) is 0 Å². The highest BCUT2D eigenvalue weighted by Crippen LogP contribution is 2.46. The molecule has 0 saturated heterocycles. The maximum Gasteiger partial charge on any atom is 0.391 e. The van der Waals surface area contributed by atoms with E-state index in [0.29, 0.717) is 36.2 Å². The van der Waals surface area contributed by atoms with Gasteiger partial charge in [-0.2, -0.15) is 13.2 Å². The number of unbranched alkanes of at least 4 members (excludes halogenated alkanes) is 1. The SMILES string of the molecule is CCCCc1ccc(C(COC)NC(=O)c2cc3c(s2)C(C(C)C)N(CC2CCC(C(F)(F)F)CC2)C3)cc1. The second-order valence-corrected chi connectivity index (χ2v) is 12.8. The Morgan fingerprint density at radius 1 is 1.15 bits per heavy atom. The summed E-state index contributed by atoms with van der Waals surface area (Å²) in [6.45, 7) is 8.52. The normalized spacial score (nSPS) is 22.7. The van der Waals surface area contributed by atoms with Crippen LogP contribution >= 0.6 is 11.3 Å². The first kappa shape index (κ1) is 30.1. The summed E-state index contributed by atoms with van der Waals surface area (Å²) < 4.78 is 44.8. The number of fused-ring (bicyclic) bond motifs is 1. The molecule has 1 fully saturated rings. The molecule has 2 unspecified atom stereocenters. The summed E-state index contributed by atoms with van der Waals surface area (Å²) in [6.07, 6.45) is 1.06. The first-order chi connectivity index (χ1) is 18.6.